The average Bonchev–Trinajstić information content (AvgIpc) is 3.08. The third-order valence-electron chi connectivity index (χ3n) is 5.52. The van der Waals surface area contributed by atoms with Crippen molar-refractivity contribution in [3.8, 4) is 17.0 Å². The molecule has 1 amide bonds. The molecule has 1 saturated heterocycles. The molecule has 4 rings (SSSR count). The molecule has 1 aliphatic rings. The first kappa shape index (κ1) is 22.2. The Morgan fingerprint density at radius 2 is 1.91 bits per heavy atom. The van der Waals surface area contributed by atoms with E-state index in [0.717, 1.165) is 38.1 Å². The summed E-state index contributed by atoms with van der Waals surface area (Å²) >= 11 is 6.39. The molecule has 1 N–H and O–H groups in total. The van der Waals surface area contributed by atoms with E-state index in [1.807, 2.05) is 0 Å². The lowest BCUT2D eigenvalue weighted by molar-refractivity contribution is 0.102. The molecule has 168 valence electrons. The lowest BCUT2D eigenvalue weighted by atomic mass is 10.1. The summed E-state index contributed by atoms with van der Waals surface area (Å²) in [6.45, 7) is 1.90. The predicted octanol–water partition coefficient (Wildman–Crippen LogP) is 4.74. The van der Waals surface area contributed by atoms with Gasteiger partial charge >= 0.3 is 0 Å². The Hall–Kier alpha value is -2.97. The molecule has 3 aromatic rings. The van der Waals surface area contributed by atoms with Crippen LogP contribution in [-0.2, 0) is 7.05 Å². The minimum atomic E-state index is -0.931. The van der Waals surface area contributed by atoms with Crippen molar-refractivity contribution in [1.82, 2.24) is 14.7 Å². The van der Waals surface area contributed by atoms with Crippen LogP contribution in [0.3, 0.4) is 0 Å². The standard InChI is InChI=1S/C23H23ClF2N4O2/c1-29-9-7-16(8-10-29)32-21-6-4-15(12-18(21)22-19(24)13-27-30(22)2)28-23(31)17-5-3-14(25)11-20(17)26/h3-6,11-13,16H,7-10H2,1-2H3,(H,28,31). The molecule has 1 aromatic heterocycles. The van der Waals surface area contributed by atoms with E-state index in [0.29, 0.717) is 33.8 Å². The summed E-state index contributed by atoms with van der Waals surface area (Å²) in [5.74, 6) is -1.74. The van der Waals surface area contributed by atoms with Crippen LogP contribution in [0, 0.1) is 11.6 Å². The van der Waals surface area contributed by atoms with Crippen molar-refractivity contribution in [2.75, 3.05) is 25.5 Å². The van der Waals surface area contributed by atoms with E-state index in [4.69, 9.17) is 16.3 Å². The second-order valence-electron chi connectivity index (χ2n) is 7.87. The Labute approximate surface area is 189 Å². The number of nitrogens with one attached hydrogen (secondary N) is 1. The number of halogens is 3. The highest BCUT2D eigenvalue weighted by molar-refractivity contribution is 6.33. The molecule has 9 heteroatoms. The Morgan fingerprint density at radius 3 is 2.56 bits per heavy atom. The van der Waals surface area contributed by atoms with Crippen LogP contribution < -0.4 is 10.1 Å². The maximum atomic E-state index is 14.0. The van der Waals surface area contributed by atoms with Gasteiger partial charge < -0.3 is 15.0 Å². The molecule has 1 fully saturated rings. The number of piperidine rings is 1. The SMILES string of the molecule is CN1CCC(Oc2ccc(NC(=O)c3ccc(F)cc3F)cc2-c2c(Cl)cnn2C)CC1. The number of rotatable bonds is 5. The molecule has 0 radical (unpaired) electrons. The van der Waals surface area contributed by atoms with Gasteiger partial charge in [0, 0.05) is 37.5 Å². The monoisotopic (exact) mass is 460 g/mol. The fraction of sp³-hybridized carbons (Fsp3) is 0.304. The van der Waals surface area contributed by atoms with E-state index < -0.39 is 17.5 Å². The van der Waals surface area contributed by atoms with E-state index in [-0.39, 0.29) is 11.7 Å². The Balaban J connectivity index is 1.65. The van der Waals surface area contributed by atoms with Crippen LogP contribution in [0.15, 0.2) is 42.6 Å². The zero-order valence-electron chi connectivity index (χ0n) is 17.7. The van der Waals surface area contributed by atoms with Gasteiger partial charge in [-0.3, -0.25) is 9.48 Å². The maximum Gasteiger partial charge on any atom is 0.258 e. The third kappa shape index (κ3) is 4.76. The fourth-order valence-corrected chi connectivity index (χ4v) is 4.03. The highest BCUT2D eigenvalue weighted by Crippen LogP contribution is 2.37. The first-order valence-electron chi connectivity index (χ1n) is 10.3. The van der Waals surface area contributed by atoms with E-state index >= 15 is 0 Å². The van der Waals surface area contributed by atoms with E-state index in [1.54, 1.807) is 29.9 Å². The minimum absolute atomic E-state index is 0.0608. The molecular weight excluding hydrogens is 438 g/mol. The number of ether oxygens (including phenoxy) is 1. The van der Waals surface area contributed by atoms with Crippen molar-refractivity contribution >= 4 is 23.2 Å². The molecule has 2 aromatic carbocycles. The van der Waals surface area contributed by atoms with Gasteiger partial charge in [-0.15, -0.1) is 0 Å². The molecule has 6 nitrogen and oxygen atoms in total. The topological polar surface area (TPSA) is 59.4 Å². The summed E-state index contributed by atoms with van der Waals surface area (Å²) < 4.78 is 35.1. The molecule has 1 aliphatic heterocycles. The summed E-state index contributed by atoms with van der Waals surface area (Å²) in [4.78, 5) is 14.8. The first-order valence-corrected chi connectivity index (χ1v) is 10.6. The summed E-state index contributed by atoms with van der Waals surface area (Å²) in [7, 11) is 3.85. The molecule has 0 atom stereocenters. The van der Waals surface area contributed by atoms with Crippen LogP contribution >= 0.6 is 11.6 Å². The van der Waals surface area contributed by atoms with E-state index in [1.165, 1.54) is 6.20 Å². The number of aromatic nitrogens is 2. The van der Waals surface area contributed by atoms with Gasteiger partial charge in [0.15, 0.2) is 0 Å². The smallest absolute Gasteiger partial charge is 0.258 e. The lowest BCUT2D eigenvalue weighted by Crippen LogP contribution is -2.35. The van der Waals surface area contributed by atoms with Gasteiger partial charge in [-0.05, 0) is 50.2 Å². The van der Waals surface area contributed by atoms with Crippen molar-refractivity contribution in [3.63, 3.8) is 0 Å². The van der Waals surface area contributed by atoms with Gasteiger partial charge in [-0.1, -0.05) is 11.6 Å². The van der Waals surface area contributed by atoms with Crippen LogP contribution in [0.25, 0.3) is 11.3 Å². The maximum absolute atomic E-state index is 14.0. The number of likely N-dealkylation sites (tertiary alicyclic amines) is 1. The third-order valence-corrected chi connectivity index (χ3v) is 5.80. The molecular formula is C23H23ClF2N4O2. The summed E-state index contributed by atoms with van der Waals surface area (Å²) in [6.07, 6.45) is 3.40. The normalized spacial score (nSPS) is 15.0. The zero-order chi connectivity index (χ0) is 22.8. The van der Waals surface area contributed by atoms with Crippen LogP contribution in [0.1, 0.15) is 23.2 Å². The molecule has 0 unspecified atom stereocenters. The number of amides is 1. The van der Waals surface area contributed by atoms with Crippen LogP contribution in [0.2, 0.25) is 5.02 Å². The van der Waals surface area contributed by atoms with Crippen molar-refractivity contribution in [2.45, 2.75) is 18.9 Å². The van der Waals surface area contributed by atoms with E-state index in [9.17, 15) is 13.6 Å². The number of carbonyl (C=O) groups is 1. The second kappa shape index (κ2) is 9.26. The number of aryl methyl sites for hydroxylation is 1. The highest BCUT2D eigenvalue weighted by atomic mass is 35.5. The molecule has 0 bridgehead atoms. The minimum Gasteiger partial charge on any atom is -0.490 e. The molecule has 32 heavy (non-hydrogen) atoms. The Kier molecular flexibility index (Phi) is 6.43. The van der Waals surface area contributed by atoms with E-state index in [2.05, 4.69) is 22.4 Å². The summed E-state index contributed by atoms with van der Waals surface area (Å²) in [6, 6.07) is 7.97. The Morgan fingerprint density at radius 1 is 1.16 bits per heavy atom. The lowest BCUT2D eigenvalue weighted by Gasteiger charge is -2.30. The van der Waals surface area contributed by atoms with Crippen molar-refractivity contribution in [3.05, 3.63) is 64.8 Å². The number of hydrogen-bond acceptors (Lipinski definition) is 4. The predicted molar refractivity (Wildman–Crippen MR) is 119 cm³/mol. The van der Waals surface area contributed by atoms with Crippen molar-refractivity contribution in [2.24, 2.45) is 7.05 Å². The average molecular weight is 461 g/mol. The zero-order valence-corrected chi connectivity index (χ0v) is 18.5. The Bertz CT molecular complexity index is 1120. The van der Waals surface area contributed by atoms with Crippen molar-refractivity contribution in [1.29, 1.82) is 0 Å². The number of nitrogens with zero attached hydrogens (tertiary/aromatic N) is 3. The van der Waals surface area contributed by atoms with Gasteiger partial charge in [-0.2, -0.15) is 5.10 Å². The molecule has 0 spiro atoms. The van der Waals surface area contributed by atoms with Gasteiger partial charge in [0.25, 0.3) is 5.91 Å². The second-order valence-corrected chi connectivity index (χ2v) is 8.28. The molecule has 2 heterocycles. The number of benzene rings is 2. The molecule has 0 saturated carbocycles. The number of hydrogen-bond donors (Lipinski definition) is 1. The van der Waals surface area contributed by atoms with Crippen LogP contribution in [0.5, 0.6) is 5.75 Å². The largest absolute Gasteiger partial charge is 0.490 e. The quantitative estimate of drug-likeness (QED) is 0.597. The van der Waals surface area contributed by atoms with Gasteiger partial charge in [0.1, 0.15) is 23.5 Å². The highest BCUT2D eigenvalue weighted by Gasteiger charge is 2.22. The van der Waals surface area contributed by atoms with Crippen LogP contribution in [-0.4, -0.2) is 46.8 Å². The fourth-order valence-electron chi connectivity index (χ4n) is 3.76. The van der Waals surface area contributed by atoms with Gasteiger partial charge in [0.2, 0.25) is 0 Å². The summed E-state index contributed by atoms with van der Waals surface area (Å²) in [5.41, 5.74) is 1.46. The van der Waals surface area contributed by atoms with Gasteiger partial charge in [0.05, 0.1) is 22.5 Å². The number of carbonyl (C=O) groups excluding carboxylic acids is 1. The summed E-state index contributed by atoms with van der Waals surface area (Å²) in [5, 5.41) is 7.30. The van der Waals surface area contributed by atoms with Crippen LogP contribution in [0.4, 0.5) is 14.5 Å². The van der Waals surface area contributed by atoms with Gasteiger partial charge in [-0.25, -0.2) is 8.78 Å². The first-order chi connectivity index (χ1) is 15.3. The number of anilines is 1. The molecule has 0 aliphatic carbocycles. The van der Waals surface area contributed by atoms with Crippen molar-refractivity contribution < 1.29 is 18.3 Å².